The molecule has 1 aliphatic rings. The topological polar surface area (TPSA) is 46.1 Å². The van der Waals surface area contributed by atoms with Crippen LogP contribution in [0, 0.1) is 6.92 Å². The van der Waals surface area contributed by atoms with E-state index >= 15 is 0 Å². The number of amides is 1. The van der Waals surface area contributed by atoms with Crippen molar-refractivity contribution in [3.8, 4) is 0 Å². The van der Waals surface area contributed by atoms with Crippen LogP contribution in [0.3, 0.4) is 0 Å². The molecule has 1 aromatic heterocycles. The van der Waals surface area contributed by atoms with Gasteiger partial charge in [0.25, 0.3) is 5.91 Å². The van der Waals surface area contributed by atoms with E-state index in [1.807, 2.05) is 11.8 Å². The summed E-state index contributed by atoms with van der Waals surface area (Å²) in [6.07, 6.45) is 6.19. The van der Waals surface area contributed by atoms with Crippen LogP contribution in [-0.4, -0.2) is 33.9 Å². The van der Waals surface area contributed by atoms with Crippen LogP contribution in [0.15, 0.2) is 60.9 Å². The molecule has 0 saturated carbocycles. The van der Waals surface area contributed by atoms with Gasteiger partial charge in [0.2, 0.25) is 0 Å². The van der Waals surface area contributed by atoms with Gasteiger partial charge in [-0.15, -0.1) is 0 Å². The predicted molar refractivity (Wildman–Crippen MR) is 99.2 cm³/mol. The first-order chi connectivity index (χ1) is 12.2. The zero-order valence-corrected chi connectivity index (χ0v) is 14.1. The average Bonchev–Trinajstić information content (AvgIpc) is 2.68. The molecule has 1 amide bonds. The van der Waals surface area contributed by atoms with Gasteiger partial charge in [-0.05, 0) is 35.3 Å². The summed E-state index contributed by atoms with van der Waals surface area (Å²) < 4.78 is 0. The smallest absolute Gasteiger partial charge is 0.274 e. The highest BCUT2D eigenvalue weighted by Gasteiger charge is 2.21. The van der Waals surface area contributed by atoms with Crippen LogP contribution < -0.4 is 0 Å². The molecular formula is C21H19N3O. The van der Waals surface area contributed by atoms with Crippen molar-refractivity contribution < 1.29 is 4.79 Å². The molecule has 1 aliphatic heterocycles. The number of nitrogens with zero attached hydrogens (tertiary/aromatic N) is 3. The summed E-state index contributed by atoms with van der Waals surface area (Å²) in [4.78, 5) is 22.8. The molecule has 0 atom stereocenters. The van der Waals surface area contributed by atoms with Crippen molar-refractivity contribution in [2.24, 2.45) is 0 Å². The molecule has 0 fully saturated rings. The third kappa shape index (κ3) is 3.03. The second-order valence-corrected chi connectivity index (χ2v) is 6.30. The number of aromatic nitrogens is 2. The molecule has 0 bridgehead atoms. The molecule has 2 aromatic carbocycles. The molecule has 4 nitrogen and oxygen atoms in total. The zero-order valence-electron chi connectivity index (χ0n) is 14.1. The van der Waals surface area contributed by atoms with E-state index in [0.29, 0.717) is 18.8 Å². The van der Waals surface area contributed by atoms with Gasteiger partial charge in [0, 0.05) is 19.3 Å². The SMILES string of the molecule is Cc1cnc(C(=O)N2CC=C(c3cccc4ccccc34)CC2)cn1. The van der Waals surface area contributed by atoms with E-state index in [-0.39, 0.29) is 5.91 Å². The van der Waals surface area contributed by atoms with Gasteiger partial charge in [0.05, 0.1) is 11.9 Å². The molecule has 0 unspecified atom stereocenters. The molecule has 0 radical (unpaired) electrons. The van der Waals surface area contributed by atoms with Gasteiger partial charge in [-0.1, -0.05) is 48.5 Å². The van der Waals surface area contributed by atoms with Gasteiger partial charge in [-0.3, -0.25) is 9.78 Å². The Hall–Kier alpha value is -3.01. The van der Waals surface area contributed by atoms with E-state index in [1.165, 1.54) is 21.9 Å². The quantitative estimate of drug-likeness (QED) is 0.717. The summed E-state index contributed by atoms with van der Waals surface area (Å²) >= 11 is 0. The summed E-state index contributed by atoms with van der Waals surface area (Å²) in [7, 11) is 0. The summed E-state index contributed by atoms with van der Waals surface area (Å²) in [5.74, 6) is -0.0549. The highest BCUT2D eigenvalue weighted by atomic mass is 16.2. The first-order valence-corrected chi connectivity index (χ1v) is 8.47. The molecule has 3 aromatic rings. The van der Waals surface area contributed by atoms with Crippen molar-refractivity contribution in [3.05, 3.63) is 77.9 Å². The fourth-order valence-electron chi connectivity index (χ4n) is 3.27. The van der Waals surface area contributed by atoms with Gasteiger partial charge in [-0.25, -0.2) is 4.98 Å². The molecule has 25 heavy (non-hydrogen) atoms. The van der Waals surface area contributed by atoms with Crippen molar-refractivity contribution >= 4 is 22.3 Å². The lowest BCUT2D eigenvalue weighted by Gasteiger charge is -2.26. The van der Waals surface area contributed by atoms with Gasteiger partial charge >= 0.3 is 0 Å². The van der Waals surface area contributed by atoms with Gasteiger partial charge in [0.15, 0.2) is 0 Å². The van der Waals surface area contributed by atoms with Crippen LogP contribution in [0.25, 0.3) is 16.3 Å². The average molecular weight is 329 g/mol. The predicted octanol–water partition coefficient (Wildman–Crippen LogP) is 3.87. The summed E-state index contributed by atoms with van der Waals surface area (Å²) in [6, 6.07) is 14.8. The lowest BCUT2D eigenvalue weighted by atomic mass is 9.94. The van der Waals surface area contributed by atoms with Gasteiger partial charge in [-0.2, -0.15) is 0 Å². The third-order valence-corrected chi connectivity index (χ3v) is 4.63. The maximum atomic E-state index is 12.6. The number of carbonyl (C=O) groups excluding carboxylic acids is 1. The second kappa shape index (κ2) is 6.48. The third-order valence-electron chi connectivity index (χ3n) is 4.63. The van der Waals surface area contributed by atoms with E-state index in [2.05, 4.69) is 58.5 Å². The first kappa shape index (κ1) is 15.5. The maximum absolute atomic E-state index is 12.6. The van der Waals surface area contributed by atoms with Gasteiger partial charge < -0.3 is 4.90 Å². The van der Waals surface area contributed by atoms with Crippen LogP contribution in [-0.2, 0) is 0 Å². The number of hydrogen-bond acceptors (Lipinski definition) is 3. The Morgan fingerprint density at radius 3 is 2.64 bits per heavy atom. The Labute approximate surface area is 146 Å². The standard InChI is InChI=1S/C21H19N3O/c1-15-13-23-20(14-22-15)21(25)24-11-9-17(10-12-24)19-8-4-6-16-5-2-3-7-18(16)19/h2-9,13-14H,10-12H2,1H3. The number of carbonyl (C=O) groups is 1. The molecule has 4 heteroatoms. The summed E-state index contributed by atoms with van der Waals surface area (Å²) in [6.45, 7) is 3.16. The second-order valence-electron chi connectivity index (χ2n) is 6.30. The van der Waals surface area contributed by atoms with Gasteiger partial charge in [0.1, 0.15) is 5.69 Å². The van der Waals surface area contributed by atoms with Crippen LogP contribution >= 0.6 is 0 Å². The van der Waals surface area contributed by atoms with Crippen LogP contribution in [0.5, 0.6) is 0 Å². The monoisotopic (exact) mass is 329 g/mol. The van der Waals surface area contributed by atoms with Crippen molar-refractivity contribution in [1.82, 2.24) is 14.9 Å². The normalized spacial score (nSPS) is 14.4. The maximum Gasteiger partial charge on any atom is 0.274 e. The minimum atomic E-state index is -0.0549. The van der Waals surface area contributed by atoms with E-state index in [0.717, 1.165) is 12.1 Å². The highest BCUT2D eigenvalue weighted by Crippen LogP contribution is 2.29. The number of rotatable bonds is 2. The molecular weight excluding hydrogens is 310 g/mol. The molecule has 4 rings (SSSR count). The van der Waals surface area contributed by atoms with E-state index in [1.54, 1.807) is 12.4 Å². The Balaban J connectivity index is 1.57. The molecule has 0 N–H and O–H groups in total. The minimum absolute atomic E-state index is 0.0549. The Bertz CT molecular complexity index is 955. The Morgan fingerprint density at radius 2 is 1.88 bits per heavy atom. The van der Waals surface area contributed by atoms with Crippen LogP contribution in [0.2, 0.25) is 0 Å². The van der Waals surface area contributed by atoms with Crippen LogP contribution in [0.1, 0.15) is 28.2 Å². The molecule has 124 valence electrons. The number of fused-ring (bicyclic) bond motifs is 1. The Kier molecular flexibility index (Phi) is 4.02. The summed E-state index contributed by atoms with van der Waals surface area (Å²) in [5, 5.41) is 2.51. The van der Waals surface area contributed by atoms with Crippen LogP contribution in [0.4, 0.5) is 0 Å². The highest BCUT2D eigenvalue weighted by molar-refractivity contribution is 5.95. The van der Waals surface area contributed by atoms with E-state index < -0.39 is 0 Å². The molecule has 0 saturated heterocycles. The molecule has 0 aliphatic carbocycles. The first-order valence-electron chi connectivity index (χ1n) is 8.47. The van der Waals surface area contributed by atoms with Crippen molar-refractivity contribution in [2.45, 2.75) is 13.3 Å². The van der Waals surface area contributed by atoms with Crippen molar-refractivity contribution in [3.63, 3.8) is 0 Å². The lowest BCUT2D eigenvalue weighted by molar-refractivity contribution is 0.0766. The number of aryl methyl sites for hydroxylation is 1. The lowest BCUT2D eigenvalue weighted by Crippen LogP contribution is -2.35. The van der Waals surface area contributed by atoms with Crippen molar-refractivity contribution in [2.75, 3.05) is 13.1 Å². The Morgan fingerprint density at radius 1 is 1.04 bits per heavy atom. The number of hydrogen-bond donors (Lipinski definition) is 0. The van der Waals surface area contributed by atoms with E-state index in [4.69, 9.17) is 0 Å². The molecule has 0 spiro atoms. The summed E-state index contributed by atoms with van der Waals surface area (Å²) in [5.41, 5.74) is 3.79. The van der Waals surface area contributed by atoms with E-state index in [9.17, 15) is 4.79 Å². The molecule has 2 heterocycles. The fraction of sp³-hybridized carbons (Fsp3) is 0.190. The van der Waals surface area contributed by atoms with Crippen molar-refractivity contribution in [1.29, 1.82) is 0 Å². The minimum Gasteiger partial charge on any atom is -0.333 e. The fourth-order valence-corrected chi connectivity index (χ4v) is 3.27. The largest absolute Gasteiger partial charge is 0.333 e. The number of benzene rings is 2. The zero-order chi connectivity index (χ0) is 17.2.